The molecule has 5 rings (SSSR count). The highest BCUT2D eigenvalue weighted by atomic mass is 19.4. The Bertz CT molecular complexity index is 1330. The minimum Gasteiger partial charge on any atom is -0.325 e. The van der Waals surface area contributed by atoms with Gasteiger partial charge in [-0.1, -0.05) is 12.1 Å². The van der Waals surface area contributed by atoms with Crippen molar-refractivity contribution in [3.8, 4) is 0 Å². The van der Waals surface area contributed by atoms with E-state index in [9.17, 15) is 35.9 Å². The summed E-state index contributed by atoms with van der Waals surface area (Å²) in [6, 6.07) is 7.16. The van der Waals surface area contributed by atoms with E-state index in [1.54, 1.807) is 0 Å². The molecule has 3 heterocycles. The third-order valence-electron chi connectivity index (χ3n) is 6.04. The van der Waals surface area contributed by atoms with E-state index in [2.05, 4.69) is 15.7 Å². The molecule has 0 saturated heterocycles. The fraction of sp³-hybridized carbons (Fsp3) is 0.227. The second kappa shape index (κ2) is 7.08. The van der Waals surface area contributed by atoms with E-state index >= 15 is 0 Å². The van der Waals surface area contributed by atoms with Crippen LogP contribution in [0.15, 0.2) is 48.7 Å². The number of anilines is 2. The van der Waals surface area contributed by atoms with Crippen molar-refractivity contribution in [2.75, 3.05) is 10.6 Å². The molecule has 6 nitrogen and oxygen atoms in total. The van der Waals surface area contributed by atoms with Crippen molar-refractivity contribution in [2.24, 2.45) is 0 Å². The Morgan fingerprint density at radius 2 is 1.53 bits per heavy atom. The number of nitrogens with one attached hydrogen (secondary N) is 2. The molecule has 0 fully saturated rings. The van der Waals surface area contributed by atoms with Crippen LogP contribution in [0.5, 0.6) is 0 Å². The van der Waals surface area contributed by atoms with Gasteiger partial charge in [0.15, 0.2) is 0 Å². The molecular formula is C22H14F6N4O2. The second-order valence-electron chi connectivity index (χ2n) is 8.10. The van der Waals surface area contributed by atoms with E-state index in [1.165, 1.54) is 23.0 Å². The standard InChI is InChI=1S/C22H14F6N4O2/c23-21(24,25)12-3-1-11(2-4-12)10-32-18-15(9-29-32)20(8-17(33)31-18)14-7-13(22(26,27)28)5-6-16(14)30-19(20)34/h1-7,9H,8,10H2,(H,30,34)(H,31,33)/t20-/m1/s1. The number of aromatic nitrogens is 2. The zero-order valence-corrected chi connectivity index (χ0v) is 17.0. The van der Waals surface area contributed by atoms with Crippen LogP contribution in [-0.4, -0.2) is 21.6 Å². The molecule has 176 valence electrons. The molecule has 34 heavy (non-hydrogen) atoms. The Labute approximate surface area is 187 Å². The summed E-state index contributed by atoms with van der Waals surface area (Å²) in [4.78, 5) is 25.7. The van der Waals surface area contributed by atoms with Gasteiger partial charge in [0.2, 0.25) is 11.8 Å². The van der Waals surface area contributed by atoms with Crippen molar-refractivity contribution >= 4 is 23.3 Å². The lowest BCUT2D eigenvalue weighted by Crippen LogP contribution is -2.43. The molecule has 2 aromatic carbocycles. The number of fused-ring (bicyclic) bond motifs is 4. The Hall–Kier alpha value is -3.83. The molecule has 1 aromatic heterocycles. The maximum absolute atomic E-state index is 13.4. The smallest absolute Gasteiger partial charge is 0.325 e. The van der Waals surface area contributed by atoms with Gasteiger partial charge in [-0.3, -0.25) is 9.59 Å². The quantitative estimate of drug-likeness (QED) is 0.529. The van der Waals surface area contributed by atoms with Gasteiger partial charge < -0.3 is 10.6 Å². The van der Waals surface area contributed by atoms with Gasteiger partial charge in [-0.25, -0.2) is 4.68 Å². The van der Waals surface area contributed by atoms with Crippen LogP contribution in [0, 0.1) is 0 Å². The van der Waals surface area contributed by atoms with Gasteiger partial charge in [0.25, 0.3) is 0 Å². The Balaban J connectivity index is 1.58. The summed E-state index contributed by atoms with van der Waals surface area (Å²) < 4.78 is 79.8. The Kier molecular flexibility index (Phi) is 4.58. The van der Waals surface area contributed by atoms with Crippen molar-refractivity contribution in [1.29, 1.82) is 0 Å². The van der Waals surface area contributed by atoms with Crippen LogP contribution in [0.1, 0.15) is 34.2 Å². The summed E-state index contributed by atoms with van der Waals surface area (Å²) in [5.74, 6) is -1.18. The number of amides is 2. The van der Waals surface area contributed by atoms with Gasteiger partial charge in [0, 0.05) is 17.7 Å². The minimum absolute atomic E-state index is 0.0116. The van der Waals surface area contributed by atoms with Crippen LogP contribution in [0.3, 0.4) is 0 Å². The first-order chi connectivity index (χ1) is 15.9. The molecule has 1 spiro atoms. The summed E-state index contributed by atoms with van der Waals surface area (Å²) in [5.41, 5.74) is -2.70. The number of hydrogen-bond donors (Lipinski definition) is 2. The number of carbonyl (C=O) groups excluding carboxylic acids is 2. The lowest BCUT2D eigenvalue weighted by atomic mass is 9.71. The lowest BCUT2D eigenvalue weighted by Gasteiger charge is -2.31. The first-order valence-corrected chi connectivity index (χ1v) is 9.95. The molecule has 2 amide bonds. The molecule has 0 unspecified atom stereocenters. The van der Waals surface area contributed by atoms with Gasteiger partial charge >= 0.3 is 12.4 Å². The molecule has 12 heteroatoms. The number of benzene rings is 2. The summed E-state index contributed by atoms with van der Waals surface area (Å²) in [6.45, 7) is -0.0408. The Morgan fingerprint density at radius 1 is 0.882 bits per heavy atom. The molecule has 1 atom stereocenters. The summed E-state index contributed by atoms with van der Waals surface area (Å²) >= 11 is 0. The molecule has 2 aliphatic rings. The first kappa shape index (κ1) is 22.0. The van der Waals surface area contributed by atoms with Crippen LogP contribution in [-0.2, 0) is 33.9 Å². The highest BCUT2D eigenvalue weighted by molar-refractivity contribution is 6.14. The van der Waals surface area contributed by atoms with Gasteiger partial charge in [-0.15, -0.1) is 0 Å². The number of alkyl halides is 6. The molecule has 2 aliphatic heterocycles. The molecule has 0 saturated carbocycles. The van der Waals surface area contributed by atoms with Crippen LogP contribution < -0.4 is 10.6 Å². The number of nitrogens with zero attached hydrogens (tertiary/aromatic N) is 2. The van der Waals surface area contributed by atoms with Gasteiger partial charge in [-0.2, -0.15) is 31.4 Å². The first-order valence-electron chi connectivity index (χ1n) is 9.95. The highest BCUT2D eigenvalue weighted by Crippen LogP contribution is 2.51. The number of hydrogen-bond acceptors (Lipinski definition) is 3. The lowest BCUT2D eigenvalue weighted by molar-refractivity contribution is -0.138. The SMILES string of the molecule is O=C1C[C@]2(C(=O)Nc3ccc(C(F)(F)F)cc32)c2cnn(Cc3ccc(C(F)(F)F)cc3)c2N1. The third-order valence-corrected chi connectivity index (χ3v) is 6.04. The van der Waals surface area contributed by atoms with Gasteiger partial charge in [-0.05, 0) is 41.5 Å². The van der Waals surface area contributed by atoms with Crippen molar-refractivity contribution in [1.82, 2.24) is 9.78 Å². The van der Waals surface area contributed by atoms with E-state index < -0.39 is 47.1 Å². The largest absolute Gasteiger partial charge is 0.416 e. The van der Waals surface area contributed by atoms with Gasteiger partial charge in [0.1, 0.15) is 11.2 Å². The van der Waals surface area contributed by atoms with Crippen molar-refractivity contribution in [3.05, 3.63) is 76.5 Å². The van der Waals surface area contributed by atoms with Crippen LogP contribution >= 0.6 is 0 Å². The number of carbonyl (C=O) groups is 2. The van der Waals surface area contributed by atoms with E-state index in [1.807, 2.05) is 0 Å². The van der Waals surface area contributed by atoms with Gasteiger partial charge in [0.05, 0.1) is 23.9 Å². The monoisotopic (exact) mass is 480 g/mol. The van der Waals surface area contributed by atoms with E-state index in [0.717, 1.165) is 30.3 Å². The molecular weight excluding hydrogens is 466 g/mol. The van der Waals surface area contributed by atoms with Crippen LogP contribution in [0.25, 0.3) is 0 Å². The molecule has 0 radical (unpaired) electrons. The fourth-order valence-electron chi connectivity index (χ4n) is 4.41. The Morgan fingerprint density at radius 3 is 2.18 bits per heavy atom. The van der Waals surface area contributed by atoms with Crippen molar-refractivity contribution in [3.63, 3.8) is 0 Å². The topological polar surface area (TPSA) is 76.0 Å². The highest BCUT2D eigenvalue weighted by Gasteiger charge is 2.55. The molecule has 3 aromatic rings. The normalized spacial score (nSPS) is 19.6. The third kappa shape index (κ3) is 3.32. The second-order valence-corrected chi connectivity index (χ2v) is 8.10. The number of halogens is 6. The summed E-state index contributed by atoms with van der Waals surface area (Å²) in [7, 11) is 0. The van der Waals surface area contributed by atoms with Crippen molar-refractivity contribution in [2.45, 2.75) is 30.7 Å². The molecule has 0 bridgehead atoms. The fourth-order valence-corrected chi connectivity index (χ4v) is 4.41. The number of rotatable bonds is 2. The van der Waals surface area contributed by atoms with E-state index in [-0.39, 0.29) is 29.2 Å². The minimum atomic E-state index is -4.66. The zero-order chi connectivity index (χ0) is 24.5. The van der Waals surface area contributed by atoms with E-state index in [0.29, 0.717) is 5.56 Å². The molecule has 2 N–H and O–H groups in total. The predicted molar refractivity (Wildman–Crippen MR) is 107 cm³/mol. The maximum Gasteiger partial charge on any atom is 0.416 e. The maximum atomic E-state index is 13.4. The zero-order valence-electron chi connectivity index (χ0n) is 17.0. The van der Waals surface area contributed by atoms with Crippen molar-refractivity contribution < 1.29 is 35.9 Å². The summed E-state index contributed by atoms with van der Waals surface area (Å²) in [6.07, 6.45) is -8.30. The summed E-state index contributed by atoms with van der Waals surface area (Å²) in [5, 5.41) is 9.31. The van der Waals surface area contributed by atoms with Crippen LogP contribution in [0.4, 0.5) is 37.8 Å². The average Bonchev–Trinajstić information content (AvgIpc) is 3.26. The molecule has 0 aliphatic carbocycles. The predicted octanol–water partition coefficient (Wildman–Crippen LogP) is 4.55. The van der Waals surface area contributed by atoms with Crippen LogP contribution in [0.2, 0.25) is 0 Å². The van der Waals surface area contributed by atoms with E-state index in [4.69, 9.17) is 0 Å². The average molecular weight is 480 g/mol.